The Morgan fingerprint density at radius 2 is 1.78 bits per heavy atom. The number of hydrogen-bond acceptors (Lipinski definition) is 5. The SMILES string of the molecule is COc1cccc(C(=O)N2CCN(CC3CN(C(=O)c4ccccc4Cl)CCO3)CC2)c1. The fourth-order valence-electron chi connectivity index (χ4n) is 4.18. The molecular weight excluding hydrogens is 430 g/mol. The molecule has 2 aromatic rings. The molecule has 7 nitrogen and oxygen atoms in total. The molecule has 8 heteroatoms. The van der Waals surface area contributed by atoms with Gasteiger partial charge in [0.25, 0.3) is 11.8 Å². The third-order valence-corrected chi connectivity index (χ3v) is 6.30. The molecule has 32 heavy (non-hydrogen) atoms. The second kappa shape index (κ2) is 10.3. The number of morpholine rings is 1. The normalized spacial score (nSPS) is 19.6. The lowest BCUT2D eigenvalue weighted by molar-refractivity contribution is -0.0399. The maximum Gasteiger partial charge on any atom is 0.255 e. The molecule has 0 N–H and O–H groups in total. The van der Waals surface area contributed by atoms with Crippen LogP contribution in [0.1, 0.15) is 20.7 Å². The van der Waals surface area contributed by atoms with Gasteiger partial charge in [-0.15, -0.1) is 0 Å². The molecule has 0 aliphatic carbocycles. The van der Waals surface area contributed by atoms with E-state index in [2.05, 4.69) is 4.90 Å². The number of ether oxygens (including phenoxy) is 2. The summed E-state index contributed by atoms with van der Waals surface area (Å²) in [5, 5.41) is 0.470. The van der Waals surface area contributed by atoms with Gasteiger partial charge < -0.3 is 19.3 Å². The van der Waals surface area contributed by atoms with Gasteiger partial charge >= 0.3 is 0 Å². The number of halogens is 1. The standard InChI is InChI=1S/C24H28ClN3O4/c1-31-19-6-4-5-18(15-19)23(29)27-11-9-26(10-12-27)16-20-17-28(13-14-32-20)24(30)21-7-2-3-8-22(21)25/h2-8,15,20H,9-14,16-17H2,1H3. The number of nitrogens with zero attached hydrogens (tertiary/aromatic N) is 3. The third kappa shape index (κ3) is 5.23. The summed E-state index contributed by atoms with van der Waals surface area (Å²) in [4.78, 5) is 31.7. The van der Waals surface area contributed by atoms with Crippen LogP contribution in [0.5, 0.6) is 5.75 Å². The molecule has 2 saturated heterocycles. The highest BCUT2D eigenvalue weighted by molar-refractivity contribution is 6.33. The lowest BCUT2D eigenvalue weighted by Crippen LogP contribution is -2.54. The van der Waals surface area contributed by atoms with Crippen LogP contribution in [0.25, 0.3) is 0 Å². The summed E-state index contributed by atoms with van der Waals surface area (Å²) in [5.74, 6) is 0.645. The summed E-state index contributed by atoms with van der Waals surface area (Å²) < 4.78 is 11.2. The Kier molecular flexibility index (Phi) is 7.29. The number of carbonyl (C=O) groups excluding carboxylic acids is 2. The fourth-order valence-corrected chi connectivity index (χ4v) is 4.40. The molecule has 0 saturated carbocycles. The number of hydrogen-bond donors (Lipinski definition) is 0. The maximum absolute atomic E-state index is 12.9. The highest BCUT2D eigenvalue weighted by Gasteiger charge is 2.29. The molecule has 170 valence electrons. The predicted octanol–water partition coefficient (Wildman–Crippen LogP) is 2.65. The molecule has 2 heterocycles. The first kappa shape index (κ1) is 22.6. The highest BCUT2D eigenvalue weighted by Crippen LogP contribution is 2.20. The van der Waals surface area contributed by atoms with Gasteiger partial charge in [0.05, 0.1) is 30.4 Å². The predicted molar refractivity (Wildman–Crippen MR) is 122 cm³/mol. The number of methoxy groups -OCH3 is 1. The summed E-state index contributed by atoms with van der Waals surface area (Å²) in [6.45, 7) is 5.19. The van der Waals surface area contributed by atoms with Gasteiger partial charge in [-0.25, -0.2) is 0 Å². The van der Waals surface area contributed by atoms with Crippen LogP contribution in [0.2, 0.25) is 5.02 Å². The fraction of sp³-hybridized carbons (Fsp3) is 0.417. The molecule has 0 bridgehead atoms. The first-order chi connectivity index (χ1) is 15.5. The molecule has 2 aliphatic rings. The van der Waals surface area contributed by atoms with Gasteiger partial charge in [-0.05, 0) is 30.3 Å². The number of piperazine rings is 1. The zero-order chi connectivity index (χ0) is 22.5. The Hall–Kier alpha value is -2.61. The van der Waals surface area contributed by atoms with Crippen molar-refractivity contribution in [3.8, 4) is 5.75 Å². The molecule has 2 aliphatic heterocycles. The first-order valence-electron chi connectivity index (χ1n) is 10.9. The zero-order valence-electron chi connectivity index (χ0n) is 18.2. The Bertz CT molecular complexity index is 962. The molecule has 1 atom stereocenters. The molecule has 2 fully saturated rings. The van der Waals surface area contributed by atoms with Crippen LogP contribution >= 0.6 is 11.6 Å². The largest absolute Gasteiger partial charge is 0.497 e. The minimum absolute atomic E-state index is 0.0222. The Balaban J connectivity index is 1.29. The molecule has 1 unspecified atom stereocenters. The summed E-state index contributed by atoms with van der Waals surface area (Å²) in [5.41, 5.74) is 1.17. The van der Waals surface area contributed by atoms with Crippen LogP contribution in [-0.2, 0) is 4.74 Å². The number of amides is 2. The van der Waals surface area contributed by atoms with Crippen molar-refractivity contribution in [2.75, 3.05) is 59.5 Å². The van der Waals surface area contributed by atoms with Gasteiger partial charge in [-0.2, -0.15) is 0 Å². The molecule has 2 amide bonds. The van der Waals surface area contributed by atoms with Gasteiger partial charge in [0.2, 0.25) is 0 Å². The summed E-state index contributed by atoms with van der Waals surface area (Å²) in [6, 6.07) is 14.4. The minimum Gasteiger partial charge on any atom is -0.497 e. The Morgan fingerprint density at radius 3 is 2.53 bits per heavy atom. The Labute approximate surface area is 193 Å². The molecule has 0 radical (unpaired) electrons. The van der Waals surface area contributed by atoms with E-state index < -0.39 is 0 Å². The van der Waals surface area contributed by atoms with E-state index in [9.17, 15) is 9.59 Å². The van der Waals surface area contributed by atoms with Gasteiger partial charge in [-0.1, -0.05) is 29.8 Å². The van der Waals surface area contributed by atoms with E-state index in [-0.39, 0.29) is 17.9 Å². The van der Waals surface area contributed by atoms with Crippen LogP contribution in [0, 0.1) is 0 Å². The van der Waals surface area contributed by atoms with Crippen molar-refractivity contribution in [1.29, 1.82) is 0 Å². The lowest BCUT2D eigenvalue weighted by Gasteiger charge is -2.39. The van der Waals surface area contributed by atoms with Gasteiger partial charge in [-0.3, -0.25) is 14.5 Å². The second-order valence-electron chi connectivity index (χ2n) is 8.05. The van der Waals surface area contributed by atoms with Crippen molar-refractivity contribution >= 4 is 23.4 Å². The molecule has 0 spiro atoms. The molecule has 0 aromatic heterocycles. The quantitative estimate of drug-likeness (QED) is 0.690. The van der Waals surface area contributed by atoms with Crippen molar-refractivity contribution < 1.29 is 19.1 Å². The van der Waals surface area contributed by atoms with E-state index in [1.165, 1.54) is 0 Å². The second-order valence-corrected chi connectivity index (χ2v) is 8.46. The monoisotopic (exact) mass is 457 g/mol. The third-order valence-electron chi connectivity index (χ3n) is 5.97. The van der Waals surface area contributed by atoms with E-state index in [0.717, 1.165) is 19.6 Å². The van der Waals surface area contributed by atoms with Crippen LogP contribution in [0.15, 0.2) is 48.5 Å². The van der Waals surface area contributed by atoms with Crippen LogP contribution in [0.4, 0.5) is 0 Å². The summed E-state index contributed by atoms with van der Waals surface area (Å²) >= 11 is 6.20. The molecular formula is C24H28ClN3O4. The van der Waals surface area contributed by atoms with Crippen molar-refractivity contribution in [3.63, 3.8) is 0 Å². The smallest absolute Gasteiger partial charge is 0.255 e. The van der Waals surface area contributed by atoms with Crippen LogP contribution in [0.3, 0.4) is 0 Å². The van der Waals surface area contributed by atoms with Gasteiger partial charge in [0.15, 0.2) is 0 Å². The van der Waals surface area contributed by atoms with Gasteiger partial charge in [0.1, 0.15) is 5.75 Å². The average molecular weight is 458 g/mol. The van der Waals surface area contributed by atoms with E-state index in [0.29, 0.717) is 54.7 Å². The topological polar surface area (TPSA) is 62.3 Å². The summed E-state index contributed by atoms with van der Waals surface area (Å²) in [7, 11) is 1.60. The average Bonchev–Trinajstić information content (AvgIpc) is 2.84. The van der Waals surface area contributed by atoms with Crippen molar-refractivity contribution in [1.82, 2.24) is 14.7 Å². The lowest BCUT2D eigenvalue weighted by atomic mass is 10.1. The van der Waals surface area contributed by atoms with Crippen molar-refractivity contribution in [3.05, 3.63) is 64.7 Å². The van der Waals surface area contributed by atoms with Crippen LogP contribution < -0.4 is 4.74 Å². The minimum atomic E-state index is -0.0594. The highest BCUT2D eigenvalue weighted by atomic mass is 35.5. The molecule has 2 aromatic carbocycles. The first-order valence-corrected chi connectivity index (χ1v) is 11.2. The van der Waals surface area contributed by atoms with Crippen molar-refractivity contribution in [2.45, 2.75) is 6.10 Å². The van der Waals surface area contributed by atoms with E-state index in [1.54, 1.807) is 25.3 Å². The summed E-state index contributed by atoms with van der Waals surface area (Å²) in [6.07, 6.45) is -0.0594. The van der Waals surface area contributed by atoms with E-state index in [1.807, 2.05) is 40.1 Å². The van der Waals surface area contributed by atoms with E-state index in [4.69, 9.17) is 21.1 Å². The number of rotatable bonds is 5. The van der Waals surface area contributed by atoms with Crippen molar-refractivity contribution in [2.24, 2.45) is 0 Å². The van der Waals surface area contributed by atoms with E-state index >= 15 is 0 Å². The number of benzene rings is 2. The van der Waals surface area contributed by atoms with Gasteiger partial charge in [0, 0.05) is 51.4 Å². The molecule has 4 rings (SSSR count). The van der Waals surface area contributed by atoms with Crippen LogP contribution in [-0.4, -0.2) is 92.1 Å². The Morgan fingerprint density at radius 1 is 1.00 bits per heavy atom. The maximum atomic E-state index is 12.9. The number of carbonyl (C=O) groups is 2. The zero-order valence-corrected chi connectivity index (χ0v) is 19.0.